The zero-order valence-electron chi connectivity index (χ0n) is 9.39. The normalized spacial score (nSPS) is 10.7. The first-order chi connectivity index (χ1) is 8.77. The molecule has 0 unspecified atom stereocenters. The molecule has 3 heteroatoms. The zero-order chi connectivity index (χ0) is 12.5. The molecule has 3 rings (SSSR count). The molecular weight excluding hydrogens is 292 g/mol. The maximum atomic E-state index is 12.4. The number of fused-ring (bicyclic) bond motifs is 1. The Hall–Kier alpha value is -1.87. The lowest BCUT2D eigenvalue weighted by Crippen LogP contribution is -2.00. The van der Waals surface area contributed by atoms with Gasteiger partial charge in [-0.2, -0.15) is 0 Å². The second-order valence-electron chi connectivity index (χ2n) is 3.98. The SMILES string of the molecule is O=C(c1ccoc1)c1ccc(Br)c2ccccc12. The van der Waals surface area contributed by atoms with E-state index in [4.69, 9.17) is 4.42 Å². The number of furan rings is 1. The zero-order valence-corrected chi connectivity index (χ0v) is 11.0. The van der Waals surface area contributed by atoms with Crippen molar-refractivity contribution in [3.63, 3.8) is 0 Å². The Morgan fingerprint density at radius 3 is 2.50 bits per heavy atom. The lowest BCUT2D eigenvalue weighted by atomic mass is 9.99. The van der Waals surface area contributed by atoms with Gasteiger partial charge in [-0.15, -0.1) is 0 Å². The highest BCUT2D eigenvalue weighted by Crippen LogP contribution is 2.28. The predicted octanol–water partition coefficient (Wildman–Crippen LogP) is 4.43. The highest BCUT2D eigenvalue weighted by atomic mass is 79.9. The molecule has 0 N–H and O–H groups in total. The summed E-state index contributed by atoms with van der Waals surface area (Å²) in [5, 5.41) is 1.98. The smallest absolute Gasteiger partial charge is 0.196 e. The molecule has 1 aromatic heterocycles. The van der Waals surface area contributed by atoms with Crippen LogP contribution in [0.3, 0.4) is 0 Å². The number of ketones is 1. The van der Waals surface area contributed by atoms with Gasteiger partial charge in [0, 0.05) is 10.0 Å². The van der Waals surface area contributed by atoms with E-state index in [2.05, 4.69) is 15.9 Å². The third-order valence-electron chi connectivity index (χ3n) is 2.90. The molecule has 88 valence electrons. The van der Waals surface area contributed by atoms with Crippen molar-refractivity contribution < 1.29 is 9.21 Å². The van der Waals surface area contributed by atoms with Crippen molar-refractivity contribution in [2.45, 2.75) is 0 Å². The quantitative estimate of drug-likeness (QED) is 0.656. The van der Waals surface area contributed by atoms with E-state index >= 15 is 0 Å². The van der Waals surface area contributed by atoms with Crippen LogP contribution in [0.4, 0.5) is 0 Å². The van der Waals surface area contributed by atoms with Crippen LogP contribution in [0.15, 0.2) is 63.9 Å². The van der Waals surface area contributed by atoms with E-state index in [0.29, 0.717) is 11.1 Å². The molecule has 0 saturated carbocycles. The van der Waals surface area contributed by atoms with Gasteiger partial charge >= 0.3 is 0 Å². The van der Waals surface area contributed by atoms with E-state index in [9.17, 15) is 4.79 Å². The molecule has 2 aromatic carbocycles. The van der Waals surface area contributed by atoms with Crippen LogP contribution in [0.25, 0.3) is 10.8 Å². The summed E-state index contributed by atoms with van der Waals surface area (Å²) in [6.45, 7) is 0. The molecule has 0 radical (unpaired) electrons. The first-order valence-corrected chi connectivity index (χ1v) is 6.31. The maximum absolute atomic E-state index is 12.4. The van der Waals surface area contributed by atoms with Gasteiger partial charge in [0.25, 0.3) is 0 Å². The van der Waals surface area contributed by atoms with Crippen LogP contribution in [-0.4, -0.2) is 5.78 Å². The Morgan fingerprint density at radius 1 is 1.00 bits per heavy atom. The summed E-state index contributed by atoms with van der Waals surface area (Å²) in [7, 11) is 0. The van der Waals surface area contributed by atoms with Gasteiger partial charge in [-0.1, -0.05) is 40.2 Å². The standard InChI is InChI=1S/C15H9BrO2/c16-14-6-5-13(11-3-1-2-4-12(11)14)15(17)10-7-8-18-9-10/h1-9H. The lowest BCUT2D eigenvalue weighted by molar-refractivity contribution is 0.103. The molecule has 18 heavy (non-hydrogen) atoms. The molecule has 0 amide bonds. The summed E-state index contributed by atoms with van der Waals surface area (Å²) in [5.74, 6) is -0.0209. The van der Waals surface area contributed by atoms with E-state index < -0.39 is 0 Å². The van der Waals surface area contributed by atoms with Crippen molar-refractivity contribution in [3.8, 4) is 0 Å². The third-order valence-corrected chi connectivity index (χ3v) is 3.59. The number of carbonyl (C=O) groups is 1. The van der Waals surface area contributed by atoms with Gasteiger partial charge < -0.3 is 4.42 Å². The largest absolute Gasteiger partial charge is 0.472 e. The Labute approximate surface area is 112 Å². The topological polar surface area (TPSA) is 30.2 Å². The molecule has 0 aliphatic carbocycles. The Bertz CT molecular complexity index is 714. The van der Waals surface area contributed by atoms with E-state index in [1.807, 2.05) is 36.4 Å². The molecule has 0 aliphatic rings. The Balaban J connectivity index is 2.25. The highest BCUT2D eigenvalue weighted by molar-refractivity contribution is 9.10. The molecule has 0 fully saturated rings. The Morgan fingerprint density at radius 2 is 1.78 bits per heavy atom. The molecule has 0 aliphatic heterocycles. The summed E-state index contributed by atoms with van der Waals surface area (Å²) in [4.78, 5) is 12.4. The van der Waals surface area contributed by atoms with Crippen molar-refractivity contribution in [2.75, 3.05) is 0 Å². The first-order valence-electron chi connectivity index (χ1n) is 5.51. The van der Waals surface area contributed by atoms with Crippen LogP contribution >= 0.6 is 15.9 Å². The van der Waals surface area contributed by atoms with Gasteiger partial charge in [0.2, 0.25) is 0 Å². The van der Waals surface area contributed by atoms with Crippen LogP contribution in [-0.2, 0) is 0 Å². The van der Waals surface area contributed by atoms with Crippen molar-refractivity contribution in [1.29, 1.82) is 0 Å². The van der Waals surface area contributed by atoms with Crippen LogP contribution < -0.4 is 0 Å². The van der Waals surface area contributed by atoms with Gasteiger partial charge in [0.1, 0.15) is 6.26 Å². The summed E-state index contributed by atoms with van der Waals surface area (Å²) < 4.78 is 5.95. The fourth-order valence-electron chi connectivity index (χ4n) is 2.01. The maximum Gasteiger partial charge on any atom is 0.196 e. The second-order valence-corrected chi connectivity index (χ2v) is 4.84. The monoisotopic (exact) mass is 300 g/mol. The third kappa shape index (κ3) is 1.77. The molecule has 0 saturated heterocycles. The molecule has 3 aromatic rings. The minimum absolute atomic E-state index is 0.0209. The molecule has 1 heterocycles. The minimum Gasteiger partial charge on any atom is -0.472 e. The second kappa shape index (κ2) is 4.42. The van der Waals surface area contributed by atoms with Gasteiger partial charge in [0.15, 0.2) is 5.78 Å². The van der Waals surface area contributed by atoms with E-state index in [-0.39, 0.29) is 5.78 Å². The predicted molar refractivity (Wildman–Crippen MR) is 73.8 cm³/mol. The molecule has 0 bridgehead atoms. The molecule has 2 nitrogen and oxygen atoms in total. The number of rotatable bonds is 2. The van der Waals surface area contributed by atoms with Crippen molar-refractivity contribution >= 4 is 32.5 Å². The van der Waals surface area contributed by atoms with E-state index in [1.165, 1.54) is 12.5 Å². The summed E-state index contributed by atoms with van der Waals surface area (Å²) in [5.41, 5.74) is 1.26. The van der Waals surface area contributed by atoms with Crippen LogP contribution in [0.2, 0.25) is 0 Å². The fourth-order valence-corrected chi connectivity index (χ4v) is 2.49. The summed E-state index contributed by atoms with van der Waals surface area (Å²) in [6.07, 6.45) is 2.98. The number of carbonyl (C=O) groups excluding carboxylic acids is 1. The van der Waals surface area contributed by atoms with Crippen molar-refractivity contribution in [1.82, 2.24) is 0 Å². The van der Waals surface area contributed by atoms with Crippen LogP contribution in [0, 0.1) is 0 Å². The van der Waals surface area contributed by atoms with E-state index in [1.54, 1.807) is 6.07 Å². The number of hydrogen-bond acceptors (Lipinski definition) is 2. The van der Waals surface area contributed by atoms with Gasteiger partial charge in [-0.3, -0.25) is 4.79 Å². The number of halogens is 1. The molecule has 0 atom stereocenters. The average molecular weight is 301 g/mol. The number of benzene rings is 2. The van der Waals surface area contributed by atoms with Crippen LogP contribution in [0.5, 0.6) is 0 Å². The first kappa shape index (κ1) is 11.2. The Kier molecular flexibility index (Phi) is 2.76. The fraction of sp³-hybridized carbons (Fsp3) is 0. The van der Waals surface area contributed by atoms with E-state index in [0.717, 1.165) is 15.2 Å². The van der Waals surface area contributed by atoms with Crippen LogP contribution in [0.1, 0.15) is 15.9 Å². The van der Waals surface area contributed by atoms with Gasteiger partial charge in [-0.25, -0.2) is 0 Å². The number of hydrogen-bond donors (Lipinski definition) is 0. The summed E-state index contributed by atoms with van der Waals surface area (Å²) >= 11 is 3.50. The minimum atomic E-state index is -0.0209. The molecular formula is C15H9BrO2. The highest BCUT2D eigenvalue weighted by Gasteiger charge is 2.14. The average Bonchev–Trinajstić information content (AvgIpc) is 2.93. The van der Waals surface area contributed by atoms with Crippen molar-refractivity contribution in [2.24, 2.45) is 0 Å². The molecule has 0 spiro atoms. The summed E-state index contributed by atoms with van der Waals surface area (Å²) in [6, 6.07) is 13.2. The lowest BCUT2D eigenvalue weighted by Gasteiger charge is -2.06. The van der Waals surface area contributed by atoms with Crippen molar-refractivity contribution in [3.05, 3.63) is 70.6 Å². The van der Waals surface area contributed by atoms with Gasteiger partial charge in [0.05, 0.1) is 11.8 Å². The van der Waals surface area contributed by atoms with Gasteiger partial charge in [-0.05, 0) is 29.0 Å².